The number of nitrogens with zero attached hydrogens (tertiary/aromatic N) is 3. The second-order valence-corrected chi connectivity index (χ2v) is 9.50. The van der Waals surface area contributed by atoms with Crippen molar-refractivity contribution in [3.05, 3.63) is 52.7 Å². The molecule has 34 heavy (non-hydrogen) atoms. The zero-order chi connectivity index (χ0) is 23.7. The van der Waals surface area contributed by atoms with Crippen LogP contribution in [0.5, 0.6) is 0 Å². The molecule has 1 aliphatic heterocycles. The quantitative estimate of drug-likeness (QED) is 0.408. The number of amides is 2. The molecule has 9 nitrogen and oxygen atoms in total. The Bertz CT molecular complexity index is 1300. The number of hydrogen-bond acceptors (Lipinski definition) is 7. The van der Waals surface area contributed by atoms with Gasteiger partial charge in [-0.05, 0) is 43.0 Å². The minimum absolute atomic E-state index is 0.0657. The first kappa shape index (κ1) is 22.3. The van der Waals surface area contributed by atoms with Gasteiger partial charge >= 0.3 is 0 Å². The third-order valence-corrected chi connectivity index (χ3v) is 6.79. The van der Waals surface area contributed by atoms with Gasteiger partial charge < -0.3 is 20.7 Å². The van der Waals surface area contributed by atoms with Crippen LogP contribution in [0.25, 0.3) is 22.3 Å². The largest absolute Gasteiger partial charge is 0.385 e. The van der Waals surface area contributed by atoms with E-state index in [0.717, 1.165) is 46.8 Å². The summed E-state index contributed by atoms with van der Waals surface area (Å²) >= 11 is 1.40. The minimum Gasteiger partial charge on any atom is -0.385 e. The van der Waals surface area contributed by atoms with Gasteiger partial charge in [-0.15, -0.1) is 11.3 Å². The summed E-state index contributed by atoms with van der Waals surface area (Å²) in [5, 5.41) is 13.7. The molecule has 0 spiro atoms. The molecular weight excluding hydrogens is 452 g/mol. The zero-order valence-corrected chi connectivity index (χ0v) is 19.7. The smallest absolute Gasteiger partial charge is 0.261 e. The van der Waals surface area contributed by atoms with E-state index in [0.29, 0.717) is 35.4 Å². The molecule has 4 heterocycles. The Morgan fingerprint density at radius 3 is 3.00 bits per heavy atom. The predicted octanol–water partition coefficient (Wildman–Crippen LogP) is 3.22. The van der Waals surface area contributed by atoms with Crippen molar-refractivity contribution in [3.8, 4) is 10.6 Å². The summed E-state index contributed by atoms with van der Waals surface area (Å²) in [7, 11) is 1.65. The number of methoxy groups -OCH3 is 1. The van der Waals surface area contributed by atoms with Gasteiger partial charge in [0, 0.05) is 43.6 Å². The molecule has 0 bridgehead atoms. The summed E-state index contributed by atoms with van der Waals surface area (Å²) in [5.74, 6) is 0.686. The van der Waals surface area contributed by atoms with Crippen molar-refractivity contribution in [2.75, 3.05) is 25.6 Å². The van der Waals surface area contributed by atoms with E-state index in [1.165, 1.54) is 11.3 Å². The van der Waals surface area contributed by atoms with Crippen LogP contribution < -0.4 is 16.0 Å². The molecule has 2 fully saturated rings. The van der Waals surface area contributed by atoms with Crippen LogP contribution >= 0.6 is 11.3 Å². The van der Waals surface area contributed by atoms with Gasteiger partial charge in [-0.25, -0.2) is 4.98 Å². The van der Waals surface area contributed by atoms with E-state index in [1.54, 1.807) is 17.8 Å². The molecule has 5 rings (SSSR count). The topological polar surface area (TPSA) is 110 Å². The average molecular weight is 479 g/mol. The first-order valence-corrected chi connectivity index (χ1v) is 12.1. The van der Waals surface area contributed by atoms with Crippen LogP contribution in [0.3, 0.4) is 0 Å². The van der Waals surface area contributed by atoms with E-state index in [-0.39, 0.29) is 18.2 Å². The highest BCUT2D eigenvalue weighted by Crippen LogP contribution is 2.33. The third kappa shape index (κ3) is 4.73. The molecule has 2 amide bonds. The number of fused-ring (bicyclic) bond motifs is 1. The van der Waals surface area contributed by atoms with Crippen molar-refractivity contribution in [2.45, 2.75) is 31.7 Å². The Kier molecular flexibility index (Phi) is 6.16. The Hall–Kier alpha value is -3.50. The highest BCUT2D eigenvalue weighted by atomic mass is 32.1. The van der Waals surface area contributed by atoms with Crippen LogP contribution in [0.4, 0.5) is 5.82 Å². The van der Waals surface area contributed by atoms with E-state index in [1.807, 2.05) is 24.3 Å². The Balaban J connectivity index is 1.47. The summed E-state index contributed by atoms with van der Waals surface area (Å²) in [4.78, 5) is 30.7. The maximum atomic E-state index is 12.5. The van der Waals surface area contributed by atoms with E-state index >= 15 is 0 Å². The Morgan fingerprint density at radius 2 is 2.26 bits per heavy atom. The molecule has 1 saturated heterocycles. The molecule has 176 valence electrons. The van der Waals surface area contributed by atoms with Crippen LogP contribution in [0.15, 0.2) is 42.2 Å². The van der Waals surface area contributed by atoms with Crippen molar-refractivity contribution < 1.29 is 14.3 Å². The highest BCUT2D eigenvalue weighted by molar-refractivity contribution is 7.17. The van der Waals surface area contributed by atoms with Crippen LogP contribution in [-0.2, 0) is 9.53 Å². The molecule has 3 aromatic rings. The number of carbonyl (C=O) groups excluding carboxylic acids is 2. The standard InChI is InChI=1S/C24H26N6O3S/c1-14-15(11-22(31)27-14)10-16-13-26-30-21(28-17-4-5-17)12-18(29-23(16)30)19-6-7-20(34-19)24(32)25-8-3-9-33-2/h6-7,10,12-13,17,28H,1,3-5,8-9,11H2,2H3,(H,25,32)(H,27,31)/b15-10+. The SMILES string of the molecule is C=C1NC(=O)C/C1=C\c1cnn2c(NC3CC3)cc(-c3ccc(C(=O)NCCCOC)s3)nc12. The molecule has 2 aliphatic rings. The first-order valence-electron chi connectivity index (χ1n) is 11.2. The molecule has 0 aromatic carbocycles. The number of thiophene rings is 1. The fourth-order valence-electron chi connectivity index (χ4n) is 3.75. The number of hydrogen-bond donors (Lipinski definition) is 3. The second-order valence-electron chi connectivity index (χ2n) is 8.42. The lowest BCUT2D eigenvalue weighted by Gasteiger charge is -2.09. The maximum Gasteiger partial charge on any atom is 0.261 e. The number of aromatic nitrogens is 3. The van der Waals surface area contributed by atoms with E-state index in [4.69, 9.17) is 9.72 Å². The molecule has 0 atom stereocenters. The van der Waals surface area contributed by atoms with Crippen molar-refractivity contribution in [3.63, 3.8) is 0 Å². The maximum absolute atomic E-state index is 12.5. The number of anilines is 1. The molecular formula is C24H26N6O3S. The summed E-state index contributed by atoms with van der Waals surface area (Å²) in [6, 6.07) is 6.15. The van der Waals surface area contributed by atoms with E-state index in [2.05, 4.69) is 27.6 Å². The number of rotatable bonds is 9. The van der Waals surface area contributed by atoms with Gasteiger partial charge in [0.05, 0.1) is 28.1 Å². The van der Waals surface area contributed by atoms with Crippen LogP contribution in [-0.4, -0.2) is 52.7 Å². The van der Waals surface area contributed by atoms with Crippen LogP contribution in [0.2, 0.25) is 0 Å². The Morgan fingerprint density at radius 1 is 1.41 bits per heavy atom. The average Bonchev–Trinajstić information content (AvgIpc) is 3.19. The number of nitrogens with one attached hydrogen (secondary N) is 3. The molecule has 0 radical (unpaired) electrons. The van der Waals surface area contributed by atoms with Crippen LogP contribution in [0, 0.1) is 0 Å². The molecule has 1 saturated carbocycles. The van der Waals surface area contributed by atoms with Crippen LogP contribution in [0.1, 0.15) is 40.9 Å². The van der Waals surface area contributed by atoms with Gasteiger partial charge in [0.2, 0.25) is 5.91 Å². The lowest BCUT2D eigenvalue weighted by molar-refractivity contribution is -0.118. The van der Waals surface area contributed by atoms with Crippen molar-refractivity contribution in [1.82, 2.24) is 25.2 Å². The van der Waals surface area contributed by atoms with Crippen molar-refractivity contribution >= 4 is 40.7 Å². The summed E-state index contributed by atoms with van der Waals surface area (Å²) < 4.78 is 6.82. The fraction of sp³-hybridized carbons (Fsp3) is 0.333. The van der Waals surface area contributed by atoms with Crippen molar-refractivity contribution in [2.24, 2.45) is 0 Å². The first-order chi connectivity index (χ1) is 16.5. The number of allylic oxidation sites excluding steroid dienone is 1. The predicted molar refractivity (Wildman–Crippen MR) is 132 cm³/mol. The fourth-order valence-corrected chi connectivity index (χ4v) is 4.63. The number of ether oxygens (including phenoxy) is 1. The summed E-state index contributed by atoms with van der Waals surface area (Å²) in [5.41, 5.74) is 3.68. The molecule has 3 aromatic heterocycles. The highest BCUT2D eigenvalue weighted by Gasteiger charge is 2.24. The molecule has 0 unspecified atom stereocenters. The van der Waals surface area contributed by atoms with Gasteiger partial charge in [-0.3, -0.25) is 9.59 Å². The van der Waals surface area contributed by atoms with Gasteiger partial charge in [-0.2, -0.15) is 9.61 Å². The molecule has 1 aliphatic carbocycles. The molecule has 10 heteroatoms. The summed E-state index contributed by atoms with van der Waals surface area (Å²) in [6.07, 6.45) is 6.96. The van der Waals surface area contributed by atoms with Gasteiger partial charge in [0.15, 0.2) is 5.65 Å². The zero-order valence-electron chi connectivity index (χ0n) is 18.9. The van der Waals surface area contributed by atoms with Gasteiger partial charge in [0.25, 0.3) is 5.91 Å². The minimum atomic E-state index is -0.101. The monoisotopic (exact) mass is 478 g/mol. The summed E-state index contributed by atoms with van der Waals surface area (Å²) in [6.45, 7) is 5.10. The second kappa shape index (κ2) is 9.40. The third-order valence-electron chi connectivity index (χ3n) is 5.68. The van der Waals surface area contributed by atoms with Crippen molar-refractivity contribution in [1.29, 1.82) is 0 Å². The van der Waals surface area contributed by atoms with E-state index in [9.17, 15) is 9.59 Å². The number of carbonyl (C=O) groups is 2. The lowest BCUT2D eigenvalue weighted by atomic mass is 10.1. The van der Waals surface area contributed by atoms with Gasteiger partial charge in [0.1, 0.15) is 5.82 Å². The normalized spacial score (nSPS) is 16.9. The van der Waals surface area contributed by atoms with E-state index < -0.39 is 0 Å². The Labute approximate surface area is 200 Å². The van der Waals surface area contributed by atoms with Gasteiger partial charge in [-0.1, -0.05) is 6.58 Å². The lowest BCUT2D eigenvalue weighted by Crippen LogP contribution is -2.24. The molecule has 3 N–H and O–H groups in total.